The topological polar surface area (TPSA) is 128 Å². The van der Waals surface area contributed by atoms with Gasteiger partial charge in [0.1, 0.15) is 12.1 Å². The molecule has 27 heavy (non-hydrogen) atoms. The molecule has 1 aromatic carbocycles. The van der Waals surface area contributed by atoms with Crippen LogP contribution in [0.2, 0.25) is 0 Å². The van der Waals surface area contributed by atoms with E-state index in [0.717, 1.165) is 5.56 Å². The molecule has 0 heterocycles. The number of hydrogen-bond acceptors (Lipinski definition) is 4. The molecule has 9 nitrogen and oxygen atoms in total. The molecular weight excluding hydrogens is 350 g/mol. The Morgan fingerprint density at radius 3 is 2.07 bits per heavy atom. The SMILES string of the molecule is CNC(=O)[C@@H](NC(=O)NNC(=O)[C@H](Cc1ccccc1)NC(C)=O)C(C)C. The van der Waals surface area contributed by atoms with Crippen molar-refractivity contribution in [3.05, 3.63) is 35.9 Å². The van der Waals surface area contributed by atoms with E-state index in [1.54, 1.807) is 13.8 Å². The Morgan fingerprint density at radius 1 is 0.926 bits per heavy atom. The van der Waals surface area contributed by atoms with Gasteiger partial charge in [-0.15, -0.1) is 0 Å². The Kier molecular flexibility index (Phi) is 8.77. The van der Waals surface area contributed by atoms with Crippen LogP contribution >= 0.6 is 0 Å². The van der Waals surface area contributed by atoms with Gasteiger partial charge in [0, 0.05) is 20.4 Å². The molecule has 0 aliphatic carbocycles. The zero-order valence-corrected chi connectivity index (χ0v) is 16.0. The molecule has 0 saturated carbocycles. The summed E-state index contributed by atoms with van der Waals surface area (Å²) in [5, 5.41) is 7.51. The van der Waals surface area contributed by atoms with E-state index in [1.165, 1.54) is 14.0 Å². The van der Waals surface area contributed by atoms with Gasteiger partial charge < -0.3 is 16.0 Å². The summed E-state index contributed by atoms with van der Waals surface area (Å²) in [6.45, 7) is 4.87. The van der Waals surface area contributed by atoms with E-state index in [4.69, 9.17) is 0 Å². The third-order valence-electron chi connectivity index (χ3n) is 3.76. The zero-order valence-electron chi connectivity index (χ0n) is 16.0. The molecule has 0 saturated heterocycles. The fourth-order valence-electron chi connectivity index (χ4n) is 2.38. The summed E-state index contributed by atoms with van der Waals surface area (Å²) >= 11 is 0. The molecule has 0 unspecified atom stereocenters. The molecule has 5 N–H and O–H groups in total. The Morgan fingerprint density at radius 2 is 1.56 bits per heavy atom. The fraction of sp³-hybridized carbons (Fsp3) is 0.444. The van der Waals surface area contributed by atoms with E-state index in [9.17, 15) is 19.2 Å². The van der Waals surface area contributed by atoms with Gasteiger partial charge in [0.15, 0.2) is 0 Å². The van der Waals surface area contributed by atoms with Gasteiger partial charge in [-0.25, -0.2) is 10.2 Å². The maximum Gasteiger partial charge on any atom is 0.334 e. The van der Waals surface area contributed by atoms with Gasteiger partial charge in [-0.05, 0) is 11.5 Å². The maximum absolute atomic E-state index is 12.3. The average molecular weight is 377 g/mol. The Hall–Kier alpha value is -3.10. The van der Waals surface area contributed by atoms with E-state index >= 15 is 0 Å². The smallest absolute Gasteiger partial charge is 0.334 e. The molecule has 5 amide bonds. The van der Waals surface area contributed by atoms with Crippen molar-refractivity contribution in [2.45, 2.75) is 39.3 Å². The number of hydrogen-bond donors (Lipinski definition) is 5. The first-order valence-corrected chi connectivity index (χ1v) is 8.63. The van der Waals surface area contributed by atoms with Crippen molar-refractivity contribution in [2.24, 2.45) is 5.92 Å². The second-order valence-electron chi connectivity index (χ2n) is 6.37. The first kappa shape index (κ1) is 21.9. The molecule has 0 aliphatic heterocycles. The quantitative estimate of drug-likeness (QED) is 0.423. The number of amides is 5. The number of benzene rings is 1. The van der Waals surface area contributed by atoms with Gasteiger partial charge in [0.25, 0.3) is 5.91 Å². The highest BCUT2D eigenvalue weighted by Crippen LogP contribution is 2.04. The lowest BCUT2D eigenvalue weighted by molar-refractivity contribution is -0.128. The van der Waals surface area contributed by atoms with Crippen molar-refractivity contribution in [1.82, 2.24) is 26.8 Å². The van der Waals surface area contributed by atoms with Crippen LogP contribution in [0.15, 0.2) is 30.3 Å². The van der Waals surface area contributed by atoms with Gasteiger partial charge in [0.2, 0.25) is 11.8 Å². The van der Waals surface area contributed by atoms with Crippen molar-refractivity contribution in [3.63, 3.8) is 0 Å². The van der Waals surface area contributed by atoms with E-state index < -0.39 is 24.0 Å². The van der Waals surface area contributed by atoms with Crippen molar-refractivity contribution in [1.29, 1.82) is 0 Å². The molecule has 1 aromatic rings. The number of carbonyl (C=O) groups excluding carboxylic acids is 4. The summed E-state index contributed by atoms with van der Waals surface area (Å²) in [5.41, 5.74) is 5.32. The molecule has 0 aliphatic rings. The van der Waals surface area contributed by atoms with Crippen LogP contribution in [0.3, 0.4) is 0 Å². The summed E-state index contributed by atoms with van der Waals surface area (Å²) in [6, 6.07) is 6.83. The summed E-state index contributed by atoms with van der Waals surface area (Å²) in [6.07, 6.45) is 0.266. The molecule has 1 rings (SSSR count). The van der Waals surface area contributed by atoms with E-state index in [2.05, 4.69) is 26.8 Å². The Labute approximate surface area is 158 Å². The number of hydrazine groups is 1. The van der Waals surface area contributed by atoms with Crippen molar-refractivity contribution >= 4 is 23.8 Å². The molecule has 0 radical (unpaired) electrons. The summed E-state index contributed by atoms with van der Waals surface area (Å²) < 4.78 is 0. The van der Waals surface area contributed by atoms with Crippen LogP contribution in [0, 0.1) is 5.92 Å². The van der Waals surface area contributed by atoms with Crippen LogP contribution < -0.4 is 26.8 Å². The first-order chi connectivity index (χ1) is 12.7. The number of nitrogens with one attached hydrogen (secondary N) is 5. The molecule has 2 atom stereocenters. The molecule has 0 bridgehead atoms. The monoisotopic (exact) mass is 377 g/mol. The van der Waals surface area contributed by atoms with Crippen LogP contribution in [-0.4, -0.2) is 42.9 Å². The minimum absolute atomic E-state index is 0.142. The van der Waals surface area contributed by atoms with Gasteiger partial charge in [-0.2, -0.15) is 0 Å². The largest absolute Gasteiger partial charge is 0.357 e. The van der Waals surface area contributed by atoms with E-state index in [-0.39, 0.29) is 24.2 Å². The van der Waals surface area contributed by atoms with Crippen LogP contribution in [0.1, 0.15) is 26.3 Å². The highest BCUT2D eigenvalue weighted by molar-refractivity contribution is 5.90. The second kappa shape index (κ2) is 10.8. The Bertz CT molecular complexity index is 663. The third kappa shape index (κ3) is 7.76. The molecule has 0 fully saturated rings. The Balaban J connectivity index is 2.65. The molecule has 0 aromatic heterocycles. The minimum atomic E-state index is -0.856. The van der Waals surface area contributed by atoms with E-state index in [1.807, 2.05) is 30.3 Å². The highest BCUT2D eigenvalue weighted by Gasteiger charge is 2.24. The maximum atomic E-state index is 12.3. The lowest BCUT2D eigenvalue weighted by Gasteiger charge is -2.22. The van der Waals surface area contributed by atoms with Gasteiger partial charge in [-0.3, -0.25) is 19.8 Å². The second-order valence-corrected chi connectivity index (χ2v) is 6.37. The third-order valence-corrected chi connectivity index (χ3v) is 3.76. The van der Waals surface area contributed by atoms with Gasteiger partial charge >= 0.3 is 6.03 Å². The van der Waals surface area contributed by atoms with Crippen molar-refractivity contribution in [3.8, 4) is 0 Å². The van der Waals surface area contributed by atoms with Gasteiger partial charge in [0.05, 0.1) is 0 Å². The predicted octanol–water partition coefficient (Wildman–Crippen LogP) is -0.165. The summed E-state index contributed by atoms with van der Waals surface area (Å²) in [5.74, 6) is -1.43. The minimum Gasteiger partial charge on any atom is -0.357 e. The average Bonchev–Trinajstić information content (AvgIpc) is 2.63. The summed E-state index contributed by atoms with van der Waals surface area (Å²) in [7, 11) is 1.47. The molecule has 148 valence electrons. The van der Waals surface area contributed by atoms with Crippen molar-refractivity contribution in [2.75, 3.05) is 7.05 Å². The number of rotatable bonds is 7. The van der Waals surface area contributed by atoms with Crippen LogP contribution in [0.5, 0.6) is 0 Å². The lowest BCUT2D eigenvalue weighted by Crippen LogP contribution is -2.58. The number of carbonyl (C=O) groups is 4. The molecular formula is C18H27N5O4. The molecule has 0 spiro atoms. The molecule has 9 heteroatoms. The first-order valence-electron chi connectivity index (χ1n) is 8.63. The van der Waals surface area contributed by atoms with Crippen LogP contribution in [-0.2, 0) is 20.8 Å². The fourth-order valence-corrected chi connectivity index (χ4v) is 2.38. The zero-order chi connectivity index (χ0) is 20.4. The predicted molar refractivity (Wildman–Crippen MR) is 100 cm³/mol. The van der Waals surface area contributed by atoms with Gasteiger partial charge in [-0.1, -0.05) is 44.2 Å². The lowest BCUT2D eigenvalue weighted by atomic mass is 10.0. The van der Waals surface area contributed by atoms with E-state index in [0.29, 0.717) is 0 Å². The highest BCUT2D eigenvalue weighted by atomic mass is 16.2. The standard InChI is InChI=1S/C18H27N5O4/c1-11(2)15(17(26)19-4)21-18(27)23-22-16(25)14(20-12(3)24)10-13-8-6-5-7-9-13/h5-9,11,14-15H,10H2,1-4H3,(H,19,26)(H,20,24)(H,22,25)(H2,21,23,27)/t14-,15-/m0/s1. The van der Waals surface area contributed by atoms with Crippen LogP contribution in [0.25, 0.3) is 0 Å². The summed E-state index contributed by atoms with van der Waals surface area (Å²) in [4.78, 5) is 47.5. The normalized spacial score (nSPS) is 12.5. The van der Waals surface area contributed by atoms with Crippen LogP contribution in [0.4, 0.5) is 4.79 Å². The number of likely N-dealkylation sites (N-methyl/N-ethyl adjacent to an activating group) is 1. The van der Waals surface area contributed by atoms with Crippen molar-refractivity contribution < 1.29 is 19.2 Å². The number of urea groups is 1.